The molecule has 1 N–H and O–H groups in total. The van der Waals surface area contributed by atoms with E-state index in [0.717, 1.165) is 46.6 Å². The average Bonchev–Trinajstić information content (AvgIpc) is 3.19. The lowest BCUT2D eigenvalue weighted by Crippen LogP contribution is -2.08. The van der Waals surface area contributed by atoms with Crippen molar-refractivity contribution in [2.75, 3.05) is 11.9 Å². The van der Waals surface area contributed by atoms with Crippen molar-refractivity contribution < 1.29 is 0 Å². The Labute approximate surface area is 174 Å². The molecule has 1 aliphatic carbocycles. The lowest BCUT2D eigenvalue weighted by Gasteiger charge is -2.14. The maximum atomic E-state index is 6.19. The monoisotopic (exact) mass is 403 g/mol. The standard InChI is InChI=1S/C23H22ClN5/c24-18-10-6-9-17(15-18)21-23-26-22(25-14-13-16-7-2-1-3-8-16)19-11-4-5-12-20(19)29(23)28-27-21/h4-7,9-12,15H,1-3,8,13-14H2,(H,25,26). The van der Waals surface area contributed by atoms with Crippen LogP contribution in [0, 0.1) is 0 Å². The van der Waals surface area contributed by atoms with Crippen molar-refractivity contribution in [3.63, 3.8) is 0 Å². The minimum absolute atomic E-state index is 0.670. The maximum Gasteiger partial charge on any atom is 0.186 e. The Bertz CT molecular complexity index is 1210. The highest BCUT2D eigenvalue weighted by Crippen LogP contribution is 2.29. The third-order valence-corrected chi connectivity index (χ3v) is 5.71. The highest BCUT2D eigenvalue weighted by molar-refractivity contribution is 6.30. The van der Waals surface area contributed by atoms with Gasteiger partial charge in [-0.3, -0.25) is 0 Å². The smallest absolute Gasteiger partial charge is 0.186 e. The molecule has 0 saturated carbocycles. The normalized spacial score (nSPS) is 14.3. The molecule has 5 rings (SSSR count). The Morgan fingerprint density at radius 2 is 2.00 bits per heavy atom. The molecule has 1 aliphatic rings. The number of para-hydroxylation sites is 1. The van der Waals surface area contributed by atoms with E-state index in [9.17, 15) is 0 Å². The number of nitrogens with zero attached hydrogens (tertiary/aromatic N) is 4. The summed E-state index contributed by atoms with van der Waals surface area (Å²) in [4.78, 5) is 4.92. The zero-order valence-corrected chi connectivity index (χ0v) is 16.9. The number of hydrogen-bond donors (Lipinski definition) is 1. The summed E-state index contributed by atoms with van der Waals surface area (Å²) in [5, 5.41) is 14.1. The molecule has 5 nitrogen and oxygen atoms in total. The van der Waals surface area contributed by atoms with E-state index in [1.54, 1.807) is 10.1 Å². The lowest BCUT2D eigenvalue weighted by molar-refractivity contribution is 0.679. The van der Waals surface area contributed by atoms with E-state index in [1.807, 2.05) is 36.4 Å². The van der Waals surface area contributed by atoms with Crippen molar-refractivity contribution in [1.82, 2.24) is 19.8 Å². The molecule has 0 aliphatic heterocycles. The molecule has 2 aromatic carbocycles. The summed E-state index contributed by atoms with van der Waals surface area (Å²) in [5.74, 6) is 0.870. The lowest BCUT2D eigenvalue weighted by atomic mass is 9.97. The zero-order valence-electron chi connectivity index (χ0n) is 16.1. The first-order valence-electron chi connectivity index (χ1n) is 10.1. The van der Waals surface area contributed by atoms with Gasteiger partial charge in [-0.05, 0) is 56.4 Å². The van der Waals surface area contributed by atoms with E-state index in [0.29, 0.717) is 5.02 Å². The molecule has 0 amide bonds. The molecule has 2 heterocycles. The molecule has 29 heavy (non-hydrogen) atoms. The second-order valence-electron chi connectivity index (χ2n) is 7.45. The molecular weight excluding hydrogens is 382 g/mol. The number of fused-ring (bicyclic) bond motifs is 3. The molecule has 0 bridgehead atoms. The van der Waals surface area contributed by atoms with Gasteiger partial charge in [-0.1, -0.05) is 52.7 Å². The van der Waals surface area contributed by atoms with Crippen LogP contribution in [0.5, 0.6) is 0 Å². The van der Waals surface area contributed by atoms with Crippen LogP contribution in [0.1, 0.15) is 32.1 Å². The second kappa shape index (κ2) is 7.84. The summed E-state index contributed by atoms with van der Waals surface area (Å²) in [6.07, 6.45) is 8.52. The topological polar surface area (TPSA) is 55.1 Å². The van der Waals surface area contributed by atoms with E-state index in [-0.39, 0.29) is 0 Å². The van der Waals surface area contributed by atoms with Crippen molar-refractivity contribution in [3.8, 4) is 11.3 Å². The summed E-state index contributed by atoms with van der Waals surface area (Å²) in [6.45, 7) is 0.868. The van der Waals surface area contributed by atoms with Crippen LogP contribution < -0.4 is 5.32 Å². The number of hydrogen-bond acceptors (Lipinski definition) is 4. The molecule has 4 aromatic rings. The summed E-state index contributed by atoms with van der Waals surface area (Å²) >= 11 is 6.19. The molecule has 146 valence electrons. The average molecular weight is 404 g/mol. The van der Waals surface area contributed by atoms with Gasteiger partial charge >= 0.3 is 0 Å². The van der Waals surface area contributed by atoms with Crippen LogP contribution in [0.4, 0.5) is 5.82 Å². The summed E-state index contributed by atoms with van der Waals surface area (Å²) in [7, 11) is 0. The van der Waals surface area contributed by atoms with Gasteiger partial charge < -0.3 is 5.32 Å². The van der Waals surface area contributed by atoms with Gasteiger partial charge in [0.25, 0.3) is 0 Å². The van der Waals surface area contributed by atoms with Crippen LogP contribution in [0.15, 0.2) is 60.2 Å². The minimum atomic E-state index is 0.670. The predicted octanol–water partition coefficient (Wildman–Crippen LogP) is 5.90. The molecule has 2 aromatic heterocycles. The van der Waals surface area contributed by atoms with Gasteiger partial charge in [-0.15, -0.1) is 5.10 Å². The first-order valence-corrected chi connectivity index (χ1v) is 10.5. The van der Waals surface area contributed by atoms with Crippen molar-refractivity contribution >= 4 is 34.0 Å². The highest BCUT2D eigenvalue weighted by Gasteiger charge is 2.16. The van der Waals surface area contributed by atoms with E-state index in [2.05, 4.69) is 33.8 Å². The van der Waals surface area contributed by atoms with Crippen molar-refractivity contribution in [3.05, 3.63) is 65.2 Å². The van der Waals surface area contributed by atoms with Gasteiger partial charge in [0.1, 0.15) is 11.5 Å². The fraction of sp³-hybridized carbons (Fsp3) is 0.261. The number of aromatic nitrogens is 4. The number of allylic oxidation sites excluding steroid dienone is 1. The molecule has 0 radical (unpaired) electrons. The maximum absolute atomic E-state index is 6.19. The largest absolute Gasteiger partial charge is 0.369 e. The highest BCUT2D eigenvalue weighted by atomic mass is 35.5. The summed E-state index contributed by atoms with van der Waals surface area (Å²) < 4.78 is 1.81. The van der Waals surface area contributed by atoms with Crippen LogP contribution in [-0.2, 0) is 0 Å². The summed E-state index contributed by atoms with van der Waals surface area (Å²) in [6, 6.07) is 15.8. The Balaban J connectivity index is 1.55. The number of rotatable bonds is 5. The number of halogens is 1. The fourth-order valence-corrected chi connectivity index (χ4v) is 4.18. The Morgan fingerprint density at radius 3 is 2.86 bits per heavy atom. The molecular formula is C23H22ClN5. The predicted molar refractivity (Wildman–Crippen MR) is 118 cm³/mol. The number of anilines is 1. The molecule has 0 saturated heterocycles. The van der Waals surface area contributed by atoms with Crippen LogP contribution in [0.3, 0.4) is 0 Å². The quantitative estimate of drug-likeness (QED) is 0.421. The van der Waals surface area contributed by atoms with Crippen molar-refractivity contribution in [2.45, 2.75) is 32.1 Å². The number of nitrogens with one attached hydrogen (secondary N) is 1. The Kier molecular flexibility index (Phi) is 4.90. The van der Waals surface area contributed by atoms with Crippen molar-refractivity contribution in [1.29, 1.82) is 0 Å². The van der Waals surface area contributed by atoms with E-state index in [1.165, 1.54) is 25.7 Å². The van der Waals surface area contributed by atoms with E-state index >= 15 is 0 Å². The van der Waals surface area contributed by atoms with Gasteiger partial charge in [-0.25, -0.2) is 4.98 Å². The Morgan fingerprint density at radius 1 is 1.07 bits per heavy atom. The van der Waals surface area contributed by atoms with E-state index < -0.39 is 0 Å². The van der Waals surface area contributed by atoms with Gasteiger partial charge in [0.2, 0.25) is 0 Å². The molecule has 6 heteroatoms. The first kappa shape index (κ1) is 18.1. The SMILES string of the molecule is Clc1cccc(-c2nnn3c2nc(NCCC2=CCCCC2)c2ccccc23)c1. The molecule has 0 unspecified atom stereocenters. The number of benzene rings is 2. The summed E-state index contributed by atoms with van der Waals surface area (Å²) in [5.41, 5.74) is 4.91. The minimum Gasteiger partial charge on any atom is -0.369 e. The van der Waals surface area contributed by atoms with Gasteiger partial charge in [-0.2, -0.15) is 4.52 Å². The molecule has 0 atom stereocenters. The third kappa shape index (κ3) is 3.58. The second-order valence-corrected chi connectivity index (χ2v) is 7.88. The Hall–Kier alpha value is -2.92. The van der Waals surface area contributed by atoms with Crippen LogP contribution in [0.25, 0.3) is 27.8 Å². The zero-order chi connectivity index (χ0) is 19.6. The van der Waals surface area contributed by atoms with Crippen LogP contribution in [0.2, 0.25) is 5.02 Å². The van der Waals surface area contributed by atoms with Crippen LogP contribution >= 0.6 is 11.6 Å². The van der Waals surface area contributed by atoms with Gasteiger partial charge in [0, 0.05) is 22.5 Å². The van der Waals surface area contributed by atoms with Gasteiger partial charge in [0.05, 0.1) is 5.52 Å². The molecule has 0 fully saturated rings. The van der Waals surface area contributed by atoms with Crippen LogP contribution in [-0.4, -0.2) is 26.4 Å². The molecule has 0 spiro atoms. The van der Waals surface area contributed by atoms with Crippen molar-refractivity contribution in [2.24, 2.45) is 0 Å². The fourth-order valence-electron chi connectivity index (χ4n) is 3.99. The van der Waals surface area contributed by atoms with E-state index in [4.69, 9.17) is 16.6 Å². The van der Waals surface area contributed by atoms with Gasteiger partial charge in [0.15, 0.2) is 5.65 Å². The third-order valence-electron chi connectivity index (χ3n) is 5.47. The first-order chi connectivity index (χ1) is 14.3.